The number of carboxylic acids is 1. The fourth-order valence-electron chi connectivity index (χ4n) is 2.85. The van der Waals surface area contributed by atoms with Crippen LogP contribution in [0.5, 0.6) is 0 Å². The molecule has 0 spiro atoms. The Kier molecular flexibility index (Phi) is 4.12. The largest absolute Gasteiger partial charge is 0.478 e. The summed E-state index contributed by atoms with van der Waals surface area (Å²) in [5.41, 5.74) is 0.351. The van der Waals surface area contributed by atoms with E-state index in [-0.39, 0.29) is 5.78 Å². The normalized spacial score (nSPS) is 20.2. The molecule has 0 amide bonds. The minimum atomic E-state index is -1.22. The summed E-state index contributed by atoms with van der Waals surface area (Å²) >= 11 is 0. The summed E-state index contributed by atoms with van der Waals surface area (Å²) in [5, 5.41) is 15.6. The Hall–Kier alpha value is -2.66. The van der Waals surface area contributed by atoms with Crippen LogP contribution in [0.2, 0.25) is 0 Å². The van der Waals surface area contributed by atoms with Gasteiger partial charge < -0.3 is 10.4 Å². The third-order valence-corrected chi connectivity index (χ3v) is 4.08. The van der Waals surface area contributed by atoms with Crippen molar-refractivity contribution in [3.05, 3.63) is 65.7 Å². The lowest BCUT2D eigenvalue weighted by molar-refractivity contribution is -0.143. The number of carbonyl (C=O) groups is 2. The van der Waals surface area contributed by atoms with Crippen LogP contribution in [0.1, 0.15) is 28.8 Å². The van der Waals surface area contributed by atoms with E-state index in [4.69, 9.17) is 0 Å². The zero-order valence-electron chi connectivity index (χ0n) is 12.6. The molecule has 1 fully saturated rings. The molecule has 1 aliphatic heterocycles. The molecule has 0 saturated carbocycles. The zero-order chi connectivity index (χ0) is 16.3. The molecule has 23 heavy (non-hydrogen) atoms. The van der Waals surface area contributed by atoms with Crippen molar-refractivity contribution in [3.8, 4) is 0 Å². The first-order valence-electron chi connectivity index (χ1n) is 7.58. The van der Waals surface area contributed by atoms with E-state index in [0.717, 1.165) is 6.42 Å². The van der Waals surface area contributed by atoms with Gasteiger partial charge in [-0.1, -0.05) is 42.5 Å². The maximum Gasteiger partial charge on any atom is 0.344 e. The second-order valence-corrected chi connectivity index (χ2v) is 5.61. The molecule has 0 radical (unpaired) electrons. The predicted molar refractivity (Wildman–Crippen MR) is 87.5 cm³/mol. The fraction of sp³-hybridized carbons (Fsp3) is 0.222. The molecule has 118 valence electrons. The Labute approximate surface area is 134 Å². The van der Waals surface area contributed by atoms with Crippen LogP contribution in [0.3, 0.4) is 0 Å². The standard InChI is InChI=1S/C18H18N2O3/c21-16(13-7-2-1-3-8-13)14-9-4-5-10-15(14)20-18(17(22)23)11-6-12-19-18/h1-5,7-10,19-20H,6,11-12H2,(H,22,23)/t18-/m0/s1. The average molecular weight is 310 g/mol. The van der Waals surface area contributed by atoms with Crippen molar-refractivity contribution in [2.24, 2.45) is 0 Å². The molecule has 5 heteroatoms. The van der Waals surface area contributed by atoms with Crippen molar-refractivity contribution in [3.63, 3.8) is 0 Å². The maximum absolute atomic E-state index is 12.7. The number of aliphatic carboxylic acids is 1. The highest BCUT2D eigenvalue weighted by Gasteiger charge is 2.41. The molecule has 3 rings (SSSR count). The number of carboxylic acid groups (broad SMARTS) is 1. The Balaban J connectivity index is 1.95. The molecule has 2 aromatic carbocycles. The van der Waals surface area contributed by atoms with Gasteiger partial charge in [0.05, 0.1) is 0 Å². The van der Waals surface area contributed by atoms with Crippen LogP contribution in [0, 0.1) is 0 Å². The number of anilines is 1. The number of ketones is 1. The first kappa shape index (κ1) is 15.2. The van der Waals surface area contributed by atoms with Gasteiger partial charge in [-0.25, -0.2) is 4.79 Å². The van der Waals surface area contributed by atoms with Gasteiger partial charge in [-0.05, 0) is 31.5 Å². The summed E-state index contributed by atoms with van der Waals surface area (Å²) in [6, 6.07) is 16.0. The lowest BCUT2D eigenvalue weighted by atomic mass is 10.00. The van der Waals surface area contributed by atoms with Gasteiger partial charge in [-0.2, -0.15) is 0 Å². The first-order chi connectivity index (χ1) is 11.1. The highest BCUT2D eigenvalue weighted by atomic mass is 16.4. The van der Waals surface area contributed by atoms with Gasteiger partial charge in [0, 0.05) is 16.8 Å². The van der Waals surface area contributed by atoms with Gasteiger partial charge in [0.25, 0.3) is 0 Å². The van der Waals surface area contributed by atoms with Gasteiger partial charge in [-0.15, -0.1) is 0 Å². The number of benzene rings is 2. The minimum absolute atomic E-state index is 0.132. The Bertz CT molecular complexity index is 722. The lowest BCUT2D eigenvalue weighted by Gasteiger charge is -2.28. The van der Waals surface area contributed by atoms with Gasteiger partial charge in [0.1, 0.15) is 0 Å². The van der Waals surface area contributed by atoms with Crippen LogP contribution >= 0.6 is 0 Å². The van der Waals surface area contributed by atoms with Gasteiger partial charge in [-0.3, -0.25) is 10.1 Å². The molecule has 0 unspecified atom stereocenters. The second kappa shape index (κ2) is 6.22. The molecule has 1 aliphatic rings. The number of rotatable bonds is 5. The van der Waals surface area contributed by atoms with E-state index < -0.39 is 11.6 Å². The summed E-state index contributed by atoms with van der Waals surface area (Å²) < 4.78 is 0. The Morgan fingerprint density at radius 3 is 2.39 bits per heavy atom. The van der Waals surface area contributed by atoms with Crippen LogP contribution in [-0.2, 0) is 4.79 Å². The zero-order valence-corrected chi connectivity index (χ0v) is 12.6. The van der Waals surface area contributed by atoms with Crippen LogP contribution in [0.4, 0.5) is 5.69 Å². The summed E-state index contributed by atoms with van der Waals surface area (Å²) in [4.78, 5) is 24.4. The van der Waals surface area contributed by atoms with Gasteiger partial charge >= 0.3 is 5.97 Å². The first-order valence-corrected chi connectivity index (χ1v) is 7.58. The molecule has 5 nitrogen and oxygen atoms in total. The topological polar surface area (TPSA) is 78.4 Å². The van der Waals surface area contributed by atoms with E-state index >= 15 is 0 Å². The highest BCUT2D eigenvalue weighted by molar-refractivity contribution is 6.12. The van der Waals surface area contributed by atoms with Crippen molar-refractivity contribution < 1.29 is 14.7 Å². The summed E-state index contributed by atoms with van der Waals surface area (Å²) in [6.07, 6.45) is 1.24. The molecule has 2 aromatic rings. The SMILES string of the molecule is O=C(c1ccccc1)c1ccccc1N[C@]1(C(=O)O)CCCN1. The fourth-order valence-corrected chi connectivity index (χ4v) is 2.85. The van der Waals surface area contributed by atoms with Gasteiger partial charge in [0.2, 0.25) is 0 Å². The number of hydrogen-bond acceptors (Lipinski definition) is 4. The molecule has 1 atom stereocenters. The number of para-hydroxylation sites is 1. The quantitative estimate of drug-likeness (QED) is 0.740. The summed E-state index contributed by atoms with van der Waals surface area (Å²) in [6.45, 7) is 0.633. The van der Waals surface area contributed by atoms with Crippen molar-refractivity contribution in [1.29, 1.82) is 0 Å². The van der Waals surface area contributed by atoms with E-state index in [1.165, 1.54) is 0 Å². The van der Waals surface area contributed by atoms with E-state index in [9.17, 15) is 14.7 Å². The molecule has 1 heterocycles. The van der Waals surface area contributed by atoms with Crippen LogP contribution in [0.25, 0.3) is 0 Å². The van der Waals surface area contributed by atoms with Crippen LogP contribution < -0.4 is 10.6 Å². The molecule has 0 aromatic heterocycles. The Morgan fingerprint density at radius 2 is 1.74 bits per heavy atom. The average Bonchev–Trinajstić information content (AvgIpc) is 3.05. The molecule has 1 saturated heterocycles. The molecular formula is C18H18N2O3. The summed E-state index contributed by atoms with van der Waals surface area (Å²) in [5.74, 6) is -1.09. The van der Waals surface area contributed by atoms with E-state index in [0.29, 0.717) is 29.8 Å². The van der Waals surface area contributed by atoms with E-state index in [1.807, 2.05) is 6.07 Å². The van der Waals surface area contributed by atoms with Crippen molar-refractivity contribution in [2.45, 2.75) is 18.5 Å². The molecule has 0 aliphatic carbocycles. The third kappa shape index (κ3) is 2.96. The minimum Gasteiger partial charge on any atom is -0.478 e. The van der Waals surface area contributed by atoms with E-state index in [1.54, 1.807) is 48.5 Å². The lowest BCUT2D eigenvalue weighted by Crippen LogP contribution is -2.54. The third-order valence-electron chi connectivity index (χ3n) is 4.08. The highest BCUT2D eigenvalue weighted by Crippen LogP contribution is 2.26. The monoisotopic (exact) mass is 310 g/mol. The van der Waals surface area contributed by atoms with Gasteiger partial charge in [0.15, 0.2) is 11.4 Å². The van der Waals surface area contributed by atoms with Crippen molar-refractivity contribution in [2.75, 3.05) is 11.9 Å². The van der Waals surface area contributed by atoms with Crippen LogP contribution in [-0.4, -0.2) is 29.1 Å². The summed E-state index contributed by atoms with van der Waals surface area (Å²) in [7, 11) is 0. The smallest absolute Gasteiger partial charge is 0.344 e. The molecule has 0 bridgehead atoms. The number of hydrogen-bond donors (Lipinski definition) is 3. The number of carbonyl (C=O) groups excluding carboxylic acids is 1. The predicted octanol–water partition coefficient (Wildman–Crippen LogP) is 2.49. The Morgan fingerprint density at radius 1 is 1.04 bits per heavy atom. The van der Waals surface area contributed by atoms with Crippen molar-refractivity contribution in [1.82, 2.24) is 5.32 Å². The van der Waals surface area contributed by atoms with Crippen LogP contribution in [0.15, 0.2) is 54.6 Å². The molecular weight excluding hydrogens is 292 g/mol. The second-order valence-electron chi connectivity index (χ2n) is 5.61. The molecule has 3 N–H and O–H groups in total. The van der Waals surface area contributed by atoms with E-state index in [2.05, 4.69) is 10.6 Å². The number of nitrogens with one attached hydrogen (secondary N) is 2. The maximum atomic E-state index is 12.7. The van der Waals surface area contributed by atoms with Crippen molar-refractivity contribution >= 4 is 17.4 Å².